The van der Waals surface area contributed by atoms with Crippen molar-refractivity contribution >= 4 is 64.8 Å². The Labute approximate surface area is 464 Å². The number of carbonyl (C=O) groups excluding carboxylic acids is 9. The number of nitrogens with one attached hydrogen (secondary N) is 6. The summed E-state index contributed by atoms with van der Waals surface area (Å²) >= 11 is 6.41. The van der Waals surface area contributed by atoms with Crippen LogP contribution in [-0.4, -0.2) is 110 Å². The van der Waals surface area contributed by atoms with E-state index in [2.05, 4.69) is 31.9 Å². The summed E-state index contributed by atoms with van der Waals surface area (Å²) in [7, 11) is 3.01. The Kier molecular flexibility index (Phi) is 24.3. The highest BCUT2D eigenvalue weighted by molar-refractivity contribution is 6.32. The number of Topliss-reactive ketones (excluding diaryl/α,β-unsaturated/α-hetero) is 1. The van der Waals surface area contributed by atoms with Gasteiger partial charge >= 0.3 is 11.9 Å². The summed E-state index contributed by atoms with van der Waals surface area (Å²) in [4.78, 5) is 118. The zero-order valence-corrected chi connectivity index (χ0v) is 48.2. The van der Waals surface area contributed by atoms with Crippen LogP contribution in [0.2, 0.25) is 5.02 Å². The Balaban J connectivity index is 1.35. The van der Waals surface area contributed by atoms with E-state index in [9.17, 15) is 43.2 Å². The third kappa shape index (κ3) is 20.2. The molecule has 0 bridgehead atoms. The fraction of sp³-hybridized carbons (Fsp3) is 0.603. The lowest BCUT2D eigenvalue weighted by Gasteiger charge is -2.35. The van der Waals surface area contributed by atoms with Crippen LogP contribution in [0.15, 0.2) is 54.6 Å². The topological polar surface area (TPSA) is 266 Å². The van der Waals surface area contributed by atoms with Crippen LogP contribution in [0, 0.1) is 28.6 Å². The van der Waals surface area contributed by atoms with Crippen LogP contribution in [0.25, 0.3) is 0 Å². The maximum Gasteiger partial charge on any atom is 0.328 e. The van der Waals surface area contributed by atoms with Crippen molar-refractivity contribution < 1.29 is 62.1 Å². The molecule has 20 heteroatoms. The van der Waals surface area contributed by atoms with Gasteiger partial charge in [-0.1, -0.05) is 96.5 Å². The van der Waals surface area contributed by atoms with Crippen molar-refractivity contribution in [1.29, 1.82) is 0 Å². The number of rotatable bonds is 23. The number of ketones is 1. The number of ether oxygens (including phenoxy) is 4. The number of epoxide rings is 1. The normalized spacial score (nSPS) is 22.5. The fourth-order valence-corrected chi connectivity index (χ4v) is 9.12. The summed E-state index contributed by atoms with van der Waals surface area (Å²) in [6, 6.07) is 8.87. The average Bonchev–Trinajstić information content (AvgIpc) is 4.23. The smallest absolute Gasteiger partial charge is 0.328 e. The zero-order chi connectivity index (χ0) is 58.1. The van der Waals surface area contributed by atoms with Crippen LogP contribution in [0.3, 0.4) is 0 Å². The molecule has 78 heavy (non-hydrogen) atoms. The summed E-state index contributed by atoms with van der Waals surface area (Å²) in [6.07, 6.45) is 2.73. The van der Waals surface area contributed by atoms with Crippen LogP contribution < -0.4 is 36.6 Å². The number of halogens is 1. The van der Waals surface area contributed by atoms with E-state index >= 15 is 0 Å². The summed E-state index contributed by atoms with van der Waals surface area (Å²) < 4.78 is 23.2. The monoisotopic (exact) mass is 1110 g/mol. The zero-order valence-electron chi connectivity index (χ0n) is 47.4. The molecular formula is C58H83ClN6O13. The average molecular weight is 1110 g/mol. The number of carbonyl (C=O) groups is 9. The highest BCUT2D eigenvalue weighted by Gasteiger charge is 2.48. The quantitative estimate of drug-likeness (QED) is 0.0420. The molecule has 430 valence electrons. The third-order valence-electron chi connectivity index (χ3n) is 14.2. The molecule has 6 amide bonds. The summed E-state index contributed by atoms with van der Waals surface area (Å²) in [5, 5.41) is 17.0. The first-order valence-electron chi connectivity index (χ1n) is 27.0. The Bertz CT molecular complexity index is 2470. The fourth-order valence-electron chi connectivity index (χ4n) is 8.84. The van der Waals surface area contributed by atoms with Crippen molar-refractivity contribution in [2.45, 2.75) is 176 Å². The molecule has 6 N–H and O–H groups in total. The second-order valence-electron chi connectivity index (χ2n) is 22.7. The number of methoxy groups -OCH3 is 1. The van der Waals surface area contributed by atoms with Gasteiger partial charge in [-0.3, -0.25) is 38.4 Å². The van der Waals surface area contributed by atoms with E-state index in [0.717, 1.165) is 11.1 Å². The Morgan fingerprint density at radius 2 is 1.54 bits per heavy atom. The molecule has 0 saturated carbocycles. The molecule has 1 fully saturated rings. The first-order valence-corrected chi connectivity index (χ1v) is 27.3. The maximum atomic E-state index is 14.2. The van der Waals surface area contributed by atoms with Gasteiger partial charge in [0.25, 0.3) is 0 Å². The van der Waals surface area contributed by atoms with Crippen molar-refractivity contribution in [3.8, 4) is 5.75 Å². The van der Waals surface area contributed by atoms with Gasteiger partial charge in [0.05, 0.1) is 29.7 Å². The molecule has 2 aromatic rings. The SMILES string of the molecule is CNC(=O)CCCC(=O)N[C@H](C(=O)C[C@@H](C)C(=O)NCCCC(=O)OCc1ccc([C@H]2O[C@@H]2[C@@H](C)[C@@H]2C/C=C/C(=O)N[C@H](Cc3ccc(OC)c(Cl)c3)C(=O)N[C@@H](C)C(C)(C)C(=O)N[C@@H](CC(C)(C)C)C(=O)O2)cc1)C(C)C. The van der Waals surface area contributed by atoms with E-state index in [1.54, 1.807) is 52.0 Å². The molecule has 2 heterocycles. The Morgan fingerprint density at radius 1 is 0.872 bits per heavy atom. The first-order chi connectivity index (χ1) is 36.6. The number of benzene rings is 2. The van der Waals surface area contributed by atoms with Crippen molar-refractivity contribution in [3.05, 3.63) is 76.3 Å². The lowest BCUT2D eigenvalue weighted by molar-refractivity contribution is -0.157. The molecule has 9 atom stereocenters. The first kappa shape index (κ1) is 64.2. The highest BCUT2D eigenvalue weighted by atomic mass is 35.5. The van der Waals surface area contributed by atoms with E-state index < -0.39 is 82.6 Å². The Hall–Kier alpha value is -6.34. The van der Waals surface area contributed by atoms with Crippen molar-refractivity contribution in [2.75, 3.05) is 20.7 Å². The van der Waals surface area contributed by atoms with Crippen LogP contribution in [0.4, 0.5) is 0 Å². The molecule has 1 saturated heterocycles. The third-order valence-corrected chi connectivity index (χ3v) is 14.5. The second kappa shape index (κ2) is 29.6. The Morgan fingerprint density at radius 3 is 2.17 bits per heavy atom. The maximum absolute atomic E-state index is 14.2. The van der Waals surface area contributed by atoms with E-state index in [-0.39, 0.29) is 99.7 Å². The molecule has 0 spiro atoms. The molecule has 0 unspecified atom stereocenters. The number of hydrogen-bond acceptors (Lipinski definition) is 13. The van der Waals surface area contributed by atoms with Crippen molar-refractivity contribution in [1.82, 2.24) is 31.9 Å². The molecule has 0 aromatic heterocycles. The van der Waals surface area contributed by atoms with Gasteiger partial charge in [-0.2, -0.15) is 0 Å². The summed E-state index contributed by atoms with van der Waals surface area (Å²) in [6.45, 7) is 18.2. The molecule has 2 aliphatic heterocycles. The van der Waals surface area contributed by atoms with Gasteiger partial charge in [0, 0.05) is 70.0 Å². The largest absolute Gasteiger partial charge is 0.495 e. The van der Waals surface area contributed by atoms with Gasteiger partial charge in [0.2, 0.25) is 35.4 Å². The molecule has 4 rings (SSSR count). The number of cyclic esters (lactones) is 1. The van der Waals surface area contributed by atoms with Gasteiger partial charge in [-0.15, -0.1) is 0 Å². The molecule has 2 aliphatic rings. The van der Waals surface area contributed by atoms with Crippen LogP contribution in [-0.2, 0) is 70.4 Å². The molecule has 0 radical (unpaired) electrons. The van der Waals surface area contributed by atoms with Crippen LogP contribution >= 0.6 is 11.6 Å². The van der Waals surface area contributed by atoms with Crippen LogP contribution in [0.1, 0.15) is 143 Å². The van der Waals surface area contributed by atoms with E-state index in [0.29, 0.717) is 29.2 Å². The molecule has 2 aromatic carbocycles. The minimum atomic E-state index is -1.22. The highest BCUT2D eigenvalue weighted by Crippen LogP contribution is 2.45. The van der Waals surface area contributed by atoms with Gasteiger partial charge < -0.3 is 50.8 Å². The van der Waals surface area contributed by atoms with Crippen molar-refractivity contribution in [2.24, 2.45) is 28.6 Å². The molecule has 0 aliphatic carbocycles. The van der Waals surface area contributed by atoms with Gasteiger partial charge in [-0.25, -0.2) is 4.79 Å². The second-order valence-corrected chi connectivity index (χ2v) is 23.1. The lowest BCUT2D eigenvalue weighted by Crippen LogP contribution is -2.58. The van der Waals surface area contributed by atoms with Gasteiger partial charge in [-0.05, 0) is 86.3 Å². The predicted molar refractivity (Wildman–Crippen MR) is 293 cm³/mol. The molecule has 19 nitrogen and oxygen atoms in total. The predicted octanol–water partition coefficient (Wildman–Crippen LogP) is 6.07. The van der Waals surface area contributed by atoms with Crippen molar-refractivity contribution in [3.63, 3.8) is 0 Å². The lowest BCUT2D eigenvalue weighted by atomic mass is 9.82. The van der Waals surface area contributed by atoms with Crippen LogP contribution in [0.5, 0.6) is 5.75 Å². The standard InChI is InChI=1S/C58H83ClN6O13/c1-33(2)50(65-48(69)19-14-17-46(67)60-11)43(66)28-34(3)53(71)61-27-15-20-49(70)76-32-37-21-24-39(25-22-37)52-51(78-52)35(4)44-16-13-18-47(68)63-41(30-38-23-26-45(75-12)40(59)29-38)54(72)62-36(5)58(9,10)56(74)64-42(55(73)77-44)31-57(6,7)8/h13,18,21-26,29,33-36,41-42,44,50-52H,14-17,19-20,27-28,30-32H2,1-12H3,(H,60,67)(H,61,71)(H,62,72)(H,63,68)(H,64,74)(H,65,69)/b18-13+/t34-,35+,36+,41-,42+,44+,50+,51-,52-/m1/s1. The number of hydrogen-bond donors (Lipinski definition) is 6. The summed E-state index contributed by atoms with van der Waals surface area (Å²) in [5.41, 5.74) is 0.620. The summed E-state index contributed by atoms with van der Waals surface area (Å²) in [5.74, 6) is -4.58. The molecular weight excluding hydrogens is 1020 g/mol. The number of esters is 2. The number of amides is 6. The minimum Gasteiger partial charge on any atom is -0.495 e. The van der Waals surface area contributed by atoms with E-state index in [1.165, 1.54) is 20.2 Å². The minimum absolute atomic E-state index is 0.0131. The van der Waals surface area contributed by atoms with Gasteiger partial charge in [0.15, 0.2) is 5.78 Å². The van der Waals surface area contributed by atoms with E-state index in [1.807, 2.05) is 65.8 Å². The van der Waals surface area contributed by atoms with Gasteiger partial charge in [0.1, 0.15) is 36.6 Å². The van der Waals surface area contributed by atoms with E-state index in [4.69, 9.17) is 30.5 Å².